The van der Waals surface area contributed by atoms with E-state index in [1.807, 2.05) is 6.20 Å². The Bertz CT molecular complexity index is 901. The number of anilines is 1. The van der Waals surface area contributed by atoms with Crippen molar-refractivity contribution in [1.82, 2.24) is 10.3 Å². The highest BCUT2D eigenvalue weighted by molar-refractivity contribution is 5.86. The van der Waals surface area contributed by atoms with Crippen LogP contribution in [0.1, 0.15) is 49.3 Å². The van der Waals surface area contributed by atoms with E-state index in [9.17, 15) is 0 Å². The molecule has 3 atom stereocenters. The van der Waals surface area contributed by atoms with Gasteiger partial charge in [0.1, 0.15) is 5.82 Å². The van der Waals surface area contributed by atoms with Crippen LogP contribution >= 0.6 is 0 Å². The van der Waals surface area contributed by atoms with Crippen molar-refractivity contribution in [3.8, 4) is 0 Å². The monoisotopic (exact) mass is 374 g/mol. The Balaban J connectivity index is 1.39. The molecule has 1 aliphatic carbocycles. The smallest absolute Gasteiger partial charge is 0.125 e. The van der Waals surface area contributed by atoms with Crippen molar-refractivity contribution in [1.29, 1.82) is 0 Å². The molecule has 1 heterocycles. The summed E-state index contributed by atoms with van der Waals surface area (Å²) in [4.78, 5) is 4.54. The van der Waals surface area contributed by atoms with E-state index in [-0.39, 0.29) is 0 Å². The summed E-state index contributed by atoms with van der Waals surface area (Å²) in [6.07, 6.45) is 5.64. The third-order valence-electron chi connectivity index (χ3n) is 5.92. The van der Waals surface area contributed by atoms with E-state index >= 15 is 0 Å². The van der Waals surface area contributed by atoms with Crippen molar-refractivity contribution >= 4 is 16.6 Å². The number of benzene rings is 2. The lowest BCUT2D eigenvalue weighted by Gasteiger charge is -2.21. The summed E-state index contributed by atoms with van der Waals surface area (Å²) in [5.41, 5.74) is 8.27. The minimum absolute atomic E-state index is 0.343. The summed E-state index contributed by atoms with van der Waals surface area (Å²) in [6.45, 7) is 3.66. The SMILES string of the molecule is C[C@@H](N[C@H]1CC[C@@H](c2ccc(NCCN)nc2)C1)c1cccc2ccccc12. The molecule has 0 radical (unpaired) electrons. The number of fused-ring (bicyclic) bond motifs is 1. The molecule has 1 aromatic heterocycles. The van der Waals surface area contributed by atoms with Gasteiger partial charge in [0, 0.05) is 31.4 Å². The average molecular weight is 375 g/mol. The summed E-state index contributed by atoms with van der Waals surface area (Å²) in [6, 6.07) is 20.4. The fraction of sp³-hybridized carbons (Fsp3) is 0.375. The first-order chi connectivity index (χ1) is 13.7. The maximum absolute atomic E-state index is 5.54. The lowest BCUT2D eigenvalue weighted by Crippen LogP contribution is -2.29. The molecule has 1 aliphatic rings. The van der Waals surface area contributed by atoms with E-state index in [1.54, 1.807) is 0 Å². The van der Waals surface area contributed by atoms with E-state index in [2.05, 4.69) is 77.1 Å². The van der Waals surface area contributed by atoms with Gasteiger partial charge in [-0.15, -0.1) is 0 Å². The predicted molar refractivity (Wildman–Crippen MR) is 118 cm³/mol. The van der Waals surface area contributed by atoms with Crippen molar-refractivity contribution in [2.24, 2.45) is 5.73 Å². The molecule has 1 fully saturated rings. The Kier molecular flexibility index (Phi) is 5.89. The van der Waals surface area contributed by atoms with Crippen LogP contribution in [0.25, 0.3) is 10.8 Å². The third kappa shape index (κ3) is 4.18. The highest BCUT2D eigenvalue weighted by Crippen LogP contribution is 2.36. The Hall–Kier alpha value is -2.43. The van der Waals surface area contributed by atoms with Gasteiger partial charge in [-0.1, -0.05) is 48.5 Å². The number of hydrogen-bond donors (Lipinski definition) is 3. The number of aromatic nitrogens is 1. The van der Waals surface area contributed by atoms with Gasteiger partial charge in [-0.2, -0.15) is 0 Å². The van der Waals surface area contributed by atoms with Crippen molar-refractivity contribution in [3.63, 3.8) is 0 Å². The number of pyridine rings is 1. The highest BCUT2D eigenvalue weighted by atomic mass is 15.0. The normalized spacial score (nSPS) is 20.4. The van der Waals surface area contributed by atoms with Gasteiger partial charge in [0.05, 0.1) is 0 Å². The van der Waals surface area contributed by atoms with E-state index in [1.165, 1.54) is 41.2 Å². The number of nitrogens with one attached hydrogen (secondary N) is 2. The van der Waals surface area contributed by atoms with Crippen LogP contribution in [0.3, 0.4) is 0 Å². The Labute approximate surface area is 167 Å². The number of nitrogens with two attached hydrogens (primary N) is 1. The van der Waals surface area contributed by atoms with Crippen LogP contribution in [-0.2, 0) is 0 Å². The second-order valence-corrected chi connectivity index (χ2v) is 7.86. The number of hydrogen-bond acceptors (Lipinski definition) is 4. The first-order valence-corrected chi connectivity index (χ1v) is 10.4. The first kappa shape index (κ1) is 18.9. The number of nitrogens with zero attached hydrogens (tertiary/aromatic N) is 1. The quantitative estimate of drug-likeness (QED) is 0.566. The lowest BCUT2D eigenvalue weighted by molar-refractivity contribution is 0.459. The van der Waals surface area contributed by atoms with Gasteiger partial charge in [-0.25, -0.2) is 4.98 Å². The molecule has 0 bridgehead atoms. The van der Waals surface area contributed by atoms with Gasteiger partial charge in [-0.3, -0.25) is 0 Å². The lowest BCUT2D eigenvalue weighted by atomic mass is 9.97. The van der Waals surface area contributed by atoms with E-state index in [4.69, 9.17) is 5.73 Å². The molecule has 0 aliphatic heterocycles. The van der Waals surface area contributed by atoms with Crippen LogP contribution in [0.5, 0.6) is 0 Å². The van der Waals surface area contributed by atoms with Gasteiger partial charge in [0.15, 0.2) is 0 Å². The first-order valence-electron chi connectivity index (χ1n) is 10.4. The summed E-state index contributed by atoms with van der Waals surface area (Å²) in [5.74, 6) is 1.50. The molecular formula is C24H30N4. The molecule has 2 aromatic carbocycles. The maximum Gasteiger partial charge on any atom is 0.125 e. The molecule has 28 heavy (non-hydrogen) atoms. The number of rotatable bonds is 7. The molecule has 3 aromatic rings. The zero-order valence-electron chi connectivity index (χ0n) is 16.6. The van der Waals surface area contributed by atoms with E-state index < -0.39 is 0 Å². The zero-order chi connectivity index (χ0) is 19.3. The van der Waals surface area contributed by atoms with Crippen LogP contribution in [0.2, 0.25) is 0 Å². The molecule has 0 unspecified atom stereocenters. The zero-order valence-corrected chi connectivity index (χ0v) is 16.6. The van der Waals surface area contributed by atoms with Gasteiger partial charge < -0.3 is 16.4 Å². The Morgan fingerprint density at radius 1 is 1.07 bits per heavy atom. The standard InChI is InChI=1S/C24H30N4/c1-17(22-8-4-6-18-5-2-3-7-23(18)22)28-21-11-9-19(15-21)20-10-12-24(27-16-20)26-14-13-25/h2-8,10,12,16-17,19,21,28H,9,11,13-15,25H2,1H3,(H,26,27)/t17-,19-,21+/m1/s1. The third-order valence-corrected chi connectivity index (χ3v) is 5.92. The van der Waals surface area contributed by atoms with Crippen LogP contribution in [0.15, 0.2) is 60.8 Å². The van der Waals surface area contributed by atoms with Crippen molar-refractivity contribution in [3.05, 3.63) is 71.9 Å². The molecule has 0 saturated heterocycles. The predicted octanol–water partition coefficient (Wildman–Crippen LogP) is 4.59. The molecule has 1 saturated carbocycles. The fourth-order valence-electron chi connectivity index (χ4n) is 4.46. The fourth-order valence-corrected chi connectivity index (χ4v) is 4.46. The van der Waals surface area contributed by atoms with E-state index in [0.717, 1.165) is 12.4 Å². The van der Waals surface area contributed by atoms with Gasteiger partial charge in [-0.05, 0) is 60.1 Å². The second kappa shape index (κ2) is 8.72. The van der Waals surface area contributed by atoms with Crippen LogP contribution in [-0.4, -0.2) is 24.1 Å². The molecule has 146 valence electrons. The molecule has 4 heteroatoms. The minimum atomic E-state index is 0.343. The van der Waals surface area contributed by atoms with Gasteiger partial charge >= 0.3 is 0 Å². The highest BCUT2D eigenvalue weighted by Gasteiger charge is 2.27. The topological polar surface area (TPSA) is 63.0 Å². The summed E-state index contributed by atoms with van der Waals surface area (Å²) >= 11 is 0. The van der Waals surface area contributed by atoms with E-state index in [0.29, 0.717) is 24.5 Å². The second-order valence-electron chi connectivity index (χ2n) is 7.86. The van der Waals surface area contributed by atoms with Crippen molar-refractivity contribution in [2.45, 2.75) is 44.2 Å². The minimum Gasteiger partial charge on any atom is -0.369 e. The van der Waals surface area contributed by atoms with Crippen LogP contribution < -0.4 is 16.4 Å². The van der Waals surface area contributed by atoms with Gasteiger partial charge in [0.2, 0.25) is 0 Å². The largest absolute Gasteiger partial charge is 0.369 e. The molecular weight excluding hydrogens is 344 g/mol. The van der Waals surface area contributed by atoms with Gasteiger partial charge in [0.25, 0.3) is 0 Å². The Morgan fingerprint density at radius 3 is 2.75 bits per heavy atom. The Morgan fingerprint density at radius 2 is 1.93 bits per heavy atom. The van der Waals surface area contributed by atoms with Crippen molar-refractivity contribution < 1.29 is 0 Å². The van der Waals surface area contributed by atoms with Crippen LogP contribution in [0, 0.1) is 0 Å². The van der Waals surface area contributed by atoms with Crippen molar-refractivity contribution in [2.75, 3.05) is 18.4 Å². The van der Waals surface area contributed by atoms with Crippen LogP contribution in [0.4, 0.5) is 5.82 Å². The maximum atomic E-state index is 5.54. The summed E-state index contributed by atoms with van der Waals surface area (Å²) in [7, 11) is 0. The molecule has 4 rings (SSSR count). The molecule has 4 nitrogen and oxygen atoms in total. The summed E-state index contributed by atoms with van der Waals surface area (Å²) in [5, 5.41) is 9.77. The molecule has 4 N–H and O–H groups in total. The molecule has 0 amide bonds. The molecule has 0 spiro atoms. The summed E-state index contributed by atoms with van der Waals surface area (Å²) < 4.78 is 0. The average Bonchev–Trinajstić information content (AvgIpc) is 3.20.